The maximum atomic E-state index is 12.0. The SMILES string of the molecule is COC(=O)NC(=O)[C@H](C)OC(=O)c1ccc(-n2nccc2C)cc1. The maximum absolute atomic E-state index is 12.0. The lowest BCUT2D eigenvalue weighted by Gasteiger charge is -2.12. The number of methoxy groups -OCH3 is 1. The fraction of sp³-hybridized carbons (Fsp3) is 0.250. The number of aryl methyl sites for hydroxylation is 1. The highest BCUT2D eigenvalue weighted by atomic mass is 16.6. The Labute approximate surface area is 138 Å². The minimum absolute atomic E-state index is 0.279. The summed E-state index contributed by atoms with van der Waals surface area (Å²) in [5.74, 6) is -1.44. The Bertz CT molecular complexity index is 751. The van der Waals surface area contributed by atoms with Crippen LogP contribution in [-0.4, -0.2) is 41.0 Å². The topological polar surface area (TPSA) is 99.5 Å². The first-order valence-electron chi connectivity index (χ1n) is 7.13. The molecular weight excluding hydrogens is 314 g/mol. The number of nitrogens with zero attached hydrogens (tertiary/aromatic N) is 2. The first-order valence-corrected chi connectivity index (χ1v) is 7.13. The molecule has 0 bridgehead atoms. The average molecular weight is 331 g/mol. The number of esters is 1. The number of alkyl carbamates (subject to hydrolysis) is 1. The molecule has 0 aliphatic rings. The first kappa shape index (κ1) is 17.2. The molecule has 0 unspecified atom stereocenters. The highest BCUT2D eigenvalue weighted by Gasteiger charge is 2.21. The minimum Gasteiger partial charge on any atom is -0.453 e. The highest BCUT2D eigenvalue weighted by molar-refractivity contribution is 5.97. The van der Waals surface area contributed by atoms with Crippen LogP contribution in [0.5, 0.6) is 0 Å². The van der Waals surface area contributed by atoms with E-state index in [-0.39, 0.29) is 5.56 Å². The van der Waals surface area contributed by atoms with E-state index in [0.29, 0.717) is 0 Å². The second-order valence-electron chi connectivity index (χ2n) is 4.96. The van der Waals surface area contributed by atoms with Crippen molar-refractivity contribution >= 4 is 18.0 Å². The van der Waals surface area contributed by atoms with Gasteiger partial charge < -0.3 is 9.47 Å². The molecule has 0 saturated carbocycles. The molecule has 0 aliphatic heterocycles. The molecule has 1 heterocycles. The van der Waals surface area contributed by atoms with Gasteiger partial charge in [0.1, 0.15) is 0 Å². The number of hydrogen-bond acceptors (Lipinski definition) is 6. The molecule has 2 aromatic rings. The smallest absolute Gasteiger partial charge is 0.413 e. The normalized spacial score (nSPS) is 11.5. The van der Waals surface area contributed by atoms with Crippen molar-refractivity contribution in [3.05, 3.63) is 47.8 Å². The van der Waals surface area contributed by atoms with Gasteiger partial charge in [0.15, 0.2) is 6.10 Å². The molecule has 2 rings (SSSR count). The Hall–Kier alpha value is -3.16. The number of aromatic nitrogens is 2. The lowest BCUT2D eigenvalue weighted by atomic mass is 10.2. The van der Waals surface area contributed by atoms with Crippen LogP contribution in [0.2, 0.25) is 0 Å². The number of ether oxygens (including phenoxy) is 2. The van der Waals surface area contributed by atoms with Crippen molar-refractivity contribution in [2.75, 3.05) is 7.11 Å². The van der Waals surface area contributed by atoms with E-state index in [1.54, 1.807) is 35.1 Å². The van der Waals surface area contributed by atoms with Crippen molar-refractivity contribution < 1.29 is 23.9 Å². The molecule has 0 fully saturated rings. The van der Waals surface area contributed by atoms with Crippen molar-refractivity contribution in [1.82, 2.24) is 15.1 Å². The van der Waals surface area contributed by atoms with E-state index in [4.69, 9.17) is 4.74 Å². The van der Waals surface area contributed by atoms with Crippen molar-refractivity contribution in [2.45, 2.75) is 20.0 Å². The standard InChI is InChI=1S/C16H17N3O5/c1-10-8-9-17-19(10)13-6-4-12(5-7-13)15(21)24-11(2)14(20)18-16(22)23-3/h4-9,11H,1-3H3,(H,18,20,22)/t11-/m0/s1. The van der Waals surface area contributed by atoms with E-state index < -0.39 is 24.1 Å². The Morgan fingerprint density at radius 3 is 2.38 bits per heavy atom. The fourth-order valence-corrected chi connectivity index (χ4v) is 1.91. The quantitative estimate of drug-likeness (QED) is 0.855. The summed E-state index contributed by atoms with van der Waals surface area (Å²) in [6.45, 7) is 3.27. The van der Waals surface area contributed by atoms with Gasteiger partial charge in [-0.15, -0.1) is 0 Å². The van der Waals surface area contributed by atoms with Gasteiger partial charge in [0.25, 0.3) is 5.91 Å². The van der Waals surface area contributed by atoms with E-state index in [9.17, 15) is 14.4 Å². The molecule has 0 aliphatic carbocycles. The van der Waals surface area contributed by atoms with E-state index >= 15 is 0 Å². The van der Waals surface area contributed by atoms with Gasteiger partial charge in [-0.05, 0) is 44.2 Å². The first-order chi connectivity index (χ1) is 11.4. The van der Waals surface area contributed by atoms with Gasteiger partial charge in [-0.25, -0.2) is 14.3 Å². The number of benzene rings is 1. The molecule has 1 N–H and O–H groups in total. The van der Waals surface area contributed by atoms with Crippen molar-refractivity contribution in [3.63, 3.8) is 0 Å². The number of carbonyl (C=O) groups excluding carboxylic acids is 3. The molecule has 8 nitrogen and oxygen atoms in total. The summed E-state index contributed by atoms with van der Waals surface area (Å²) in [5, 5.41) is 6.10. The number of amides is 2. The van der Waals surface area contributed by atoms with Gasteiger partial charge in [0.05, 0.1) is 18.4 Å². The van der Waals surface area contributed by atoms with Crippen LogP contribution in [0.1, 0.15) is 23.0 Å². The summed E-state index contributed by atoms with van der Waals surface area (Å²) in [5.41, 5.74) is 2.03. The number of rotatable bonds is 4. The van der Waals surface area contributed by atoms with Crippen LogP contribution < -0.4 is 5.32 Å². The number of nitrogens with one attached hydrogen (secondary N) is 1. The molecule has 1 aromatic heterocycles. The molecule has 0 saturated heterocycles. The number of hydrogen-bond donors (Lipinski definition) is 1. The average Bonchev–Trinajstić information content (AvgIpc) is 3.00. The number of imide groups is 1. The summed E-state index contributed by atoms with van der Waals surface area (Å²) in [7, 11) is 1.13. The van der Waals surface area contributed by atoms with Gasteiger partial charge >= 0.3 is 12.1 Å². The Balaban J connectivity index is 2.01. The molecule has 126 valence electrons. The summed E-state index contributed by atoms with van der Waals surface area (Å²) < 4.78 is 11.0. The third-order valence-corrected chi connectivity index (χ3v) is 3.24. The minimum atomic E-state index is -1.13. The van der Waals surface area contributed by atoms with Crippen LogP contribution in [0, 0.1) is 6.92 Å². The molecule has 1 atom stereocenters. The van der Waals surface area contributed by atoms with Crippen molar-refractivity contribution in [3.8, 4) is 5.69 Å². The second-order valence-corrected chi connectivity index (χ2v) is 4.96. The highest BCUT2D eigenvalue weighted by Crippen LogP contribution is 2.12. The number of carbonyl (C=O) groups is 3. The Morgan fingerprint density at radius 1 is 1.17 bits per heavy atom. The summed E-state index contributed by atoms with van der Waals surface area (Å²) in [6.07, 6.45) is -0.370. The van der Waals surface area contributed by atoms with Gasteiger partial charge in [-0.2, -0.15) is 5.10 Å². The molecule has 0 radical (unpaired) electrons. The molecule has 24 heavy (non-hydrogen) atoms. The van der Waals surface area contributed by atoms with Crippen LogP contribution in [0.4, 0.5) is 4.79 Å². The van der Waals surface area contributed by atoms with Crippen LogP contribution >= 0.6 is 0 Å². The Morgan fingerprint density at radius 2 is 1.83 bits per heavy atom. The second kappa shape index (κ2) is 7.40. The van der Waals surface area contributed by atoms with Crippen LogP contribution in [0.3, 0.4) is 0 Å². The molecule has 8 heteroatoms. The molecular formula is C16H17N3O5. The lowest BCUT2D eigenvalue weighted by molar-refractivity contribution is -0.128. The zero-order chi connectivity index (χ0) is 17.7. The van der Waals surface area contributed by atoms with Gasteiger partial charge in [0.2, 0.25) is 0 Å². The monoisotopic (exact) mass is 331 g/mol. The predicted octanol–water partition coefficient (Wildman–Crippen LogP) is 1.61. The maximum Gasteiger partial charge on any atom is 0.413 e. The fourth-order valence-electron chi connectivity index (χ4n) is 1.91. The van der Waals surface area contributed by atoms with E-state index in [1.807, 2.05) is 18.3 Å². The van der Waals surface area contributed by atoms with Gasteiger partial charge in [-0.3, -0.25) is 10.1 Å². The lowest BCUT2D eigenvalue weighted by Crippen LogP contribution is -2.39. The van der Waals surface area contributed by atoms with Gasteiger partial charge in [0, 0.05) is 11.9 Å². The predicted molar refractivity (Wildman–Crippen MR) is 83.7 cm³/mol. The van der Waals surface area contributed by atoms with Crippen LogP contribution in [0.15, 0.2) is 36.5 Å². The third kappa shape index (κ3) is 3.97. The zero-order valence-corrected chi connectivity index (χ0v) is 13.5. The van der Waals surface area contributed by atoms with Crippen LogP contribution in [-0.2, 0) is 14.3 Å². The van der Waals surface area contributed by atoms with Gasteiger partial charge in [-0.1, -0.05) is 0 Å². The molecule has 1 aromatic carbocycles. The van der Waals surface area contributed by atoms with Crippen LogP contribution in [0.25, 0.3) is 5.69 Å². The largest absolute Gasteiger partial charge is 0.453 e. The van der Waals surface area contributed by atoms with Crippen molar-refractivity contribution in [2.24, 2.45) is 0 Å². The molecule has 0 spiro atoms. The van der Waals surface area contributed by atoms with E-state index in [2.05, 4.69) is 9.84 Å². The third-order valence-electron chi connectivity index (χ3n) is 3.24. The summed E-state index contributed by atoms with van der Waals surface area (Å²) >= 11 is 0. The van der Waals surface area contributed by atoms with Crippen molar-refractivity contribution in [1.29, 1.82) is 0 Å². The summed E-state index contributed by atoms with van der Waals surface area (Å²) in [4.78, 5) is 34.6. The summed E-state index contributed by atoms with van der Waals surface area (Å²) in [6, 6.07) is 8.45. The van der Waals surface area contributed by atoms with E-state index in [1.165, 1.54) is 6.92 Å². The molecule has 2 amide bonds. The van der Waals surface area contributed by atoms with E-state index in [0.717, 1.165) is 18.5 Å². The Kier molecular flexibility index (Phi) is 5.31. The zero-order valence-electron chi connectivity index (χ0n) is 13.5.